The summed E-state index contributed by atoms with van der Waals surface area (Å²) >= 11 is 0. The van der Waals surface area contributed by atoms with Crippen LogP contribution in [-0.4, -0.2) is 30.6 Å². The average Bonchev–Trinajstić information content (AvgIpc) is 3.19. The predicted octanol–water partition coefficient (Wildman–Crippen LogP) is 4.81. The standard InChI is InChI=1S/C25H21NO8/c1-3-32-21-14-16(10-13-20(21)31-2)22(23-18-6-4-5-7-19(18)25(28)34-23)33-24(27)15-8-11-17(12-9-15)26(29)30/h4-14,22-23H,3H2,1-2H3/t22-,23-/m0/s1. The molecule has 0 unspecified atom stereocenters. The number of ether oxygens (including phenoxy) is 4. The smallest absolute Gasteiger partial charge is 0.339 e. The SMILES string of the molecule is CCOc1cc([C@H](OC(=O)c2ccc([N+](=O)[O-])cc2)[C@H]2OC(=O)c3ccccc32)ccc1OC. The number of carbonyl (C=O) groups is 2. The Hall–Kier alpha value is -4.40. The molecule has 2 atom stereocenters. The molecular formula is C25H21NO8. The number of nitro benzene ring substituents is 1. The van der Waals surface area contributed by atoms with E-state index in [0.717, 1.165) is 0 Å². The van der Waals surface area contributed by atoms with Gasteiger partial charge in [-0.2, -0.15) is 0 Å². The summed E-state index contributed by atoms with van der Waals surface area (Å²) in [4.78, 5) is 35.8. The van der Waals surface area contributed by atoms with Gasteiger partial charge in [0.05, 0.1) is 29.8 Å². The molecule has 9 heteroatoms. The van der Waals surface area contributed by atoms with Gasteiger partial charge in [0.25, 0.3) is 5.69 Å². The third-order valence-corrected chi connectivity index (χ3v) is 5.36. The minimum absolute atomic E-state index is 0.117. The van der Waals surface area contributed by atoms with Crippen LogP contribution in [0.15, 0.2) is 66.7 Å². The van der Waals surface area contributed by atoms with Crippen LogP contribution in [0, 0.1) is 10.1 Å². The third-order valence-electron chi connectivity index (χ3n) is 5.36. The maximum atomic E-state index is 13.0. The van der Waals surface area contributed by atoms with Gasteiger partial charge in [-0.15, -0.1) is 0 Å². The van der Waals surface area contributed by atoms with Crippen LogP contribution in [0.5, 0.6) is 11.5 Å². The van der Waals surface area contributed by atoms with Crippen LogP contribution in [0.25, 0.3) is 0 Å². The van der Waals surface area contributed by atoms with Crippen molar-refractivity contribution in [3.8, 4) is 11.5 Å². The summed E-state index contributed by atoms with van der Waals surface area (Å²) in [6, 6.07) is 17.0. The van der Waals surface area contributed by atoms with Crippen molar-refractivity contribution >= 4 is 17.6 Å². The highest BCUT2D eigenvalue weighted by molar-refractivity contribution is 5.94. The number of cyclic esters (lactones) is 1. The Labute approximate surface area is 195 Å². The van der Waals surface area contributed by atoms with Crippen LogP contribution in [0.2, 0.25) is 0 Å². The number of carbonyl (C=O) groups excluding carboxylic acids is 2. The van der Waals surface area contributed by atoms with Gasteiger partial charge in [0.2, 0.25) is 0 Å². The van der Waals surface area contributed by atoms with Crippen molar-refractivity contribution in [1.29, 1.82) is 0 Å². The number of rotatable bonds is 8. The zero-order valence-electron chi connectivity index (χ0n) is 18.4. The molecule has 0 spiro atoms. The summed E-state index contributed by atoms with van der Waals surface area (Å²) in [5.74, 6) is -0.309. The fourth-order valence-corrected chi connectivity index (χ4v) is 3.74. The van der Waals surface area contributed by atoms with E-state index in [4.69, 9.17) is 18.9 Å². The lowest BCUT2D eigenvalue weighted by molar-refractivity contribution is -0.384. The number of nitrogens with zero attached hydrogens (tertiary/aromatic N) is 1. The number of methoxy groups -OCH3 is 1. The van der Waals surface area contributed by atoms with Crippen molar-refractivity contribution in [3.05, 3.63) is 99.1 Å². The van der Waals surface area contributed by atoms with E-state index in [1.807, 2.05) is 6.92 Å². The van der Waals surface area contributed by atoms with E-state index < -0.39 is 29.1 Å². The average molecular weight is 463 g/mol. The molecule has 3 aromatic carbocycles. The van der Waals surface area contributed by atoms with Crippen molar-refractivity contribution in [2.24, 2.45) is 0 Å². The molecule has 0 fully saturated rings. The van der Waals surface area contributed by atoms with Crippen molar-refractivity contribution in [2.45, 2.75) is 19.1 Å². The first-order valence-electron chi connectivity index (χ1n) is 10.5. The van der Waals surface area contributed by atoms with Crippen molar-refractivity contribution < 1.29 is 33.5 Å². The summed E-state index contributed by atoms with van der Waals surface area (Å²) in [5.41, 5.74) is 1.47. The molecule has 0 aliphatic carbocycles. The second-order valence-corrected chi connectivity index (χ2v) is 7.39. The molecule has 0 saturated carbocycles. The molecule has 3 aromatic rings. The van der Waals surface area contributed by atoms with Gasteiger partial charge in [0.1, 0.15) is 0 Å². The Morgan fingerprint density at radius 2 is 1.82 bits per heavy atom. The summed E-state index contributed by atoms with van der Waals surface area (Å²) in [6.45, 7) is 2.21. The minimum atomic E-state index is -1.01. The second kappa shape index (κ2) is 9.62. The predicted molar refractivity (Wildman–Crippen MR) is 120 cm³/mol. The summed E-state index contributed by atoms with van der Waals surface area (Å²) in [5, 5.41) is 10.9. The largest absolute Gasteiger partial charge is 0.493 e. The van der Waals surface area contributed by atoms with E-state index in [-0.39, 0.29) is 11.3 Å². The molecule has 0 amide bonds. The highest BCUT2D eigenvalue weighted by Gasteiger charge is 2.40. The molecule has 0 aromatic heterocycles. The molecule has 174 valence electrons. The topological polar surface area (TPSA) is 114 Å². The first-order chi connectivity index (χ1) is 16.4. The molecule has 1 aliphatic heterocycles. The van der Waals surface area contributed by atoms with Gasteiger partial charge in [0.15, 0.2) is 23.7 Å². The van der Waals surface area contributed by atoms with E-state index in [1.54, 1.807) is 42.5 Å². The monoisotopic (exact) mass is 463 g/mol. The Balaban J connectivity index is 1.73. The van der Waals surface area contributed by atoms with Crippen LogP contribution in [0.4, 0.5) is 5.69 Å². The van der Waals surface area contributed by atoms with Crippen molar-refractivity contribution in [1.82, 2.24) is 0 Å². The van der Waals surface area contributed by atoms with Gasteiger partial charge in [-0.3, -0.25) is 10.1 Å². The number of benzene rings is 3. The lowest BCUT2D eigenvalue weighted by Crippen LogP contribution is -2.19. The van der Waals surface area contributed by atoms with Gasteiger partial charge in [-0.05, 0) is 37.3 Å². The molecule has 34 heavy (non-hydrogen) atoms. The van der Waals surface area contributed by atoms with Crippen molar-refractivity contribution in [3.63, 3.8) is 0 Å². The zero-order chi connectivity index (χ0) is 24.2. The third kappa shape index (κ3) is 4.40. The van der Waals surface area contributed by atoms with E-state index in [1.165, 1.54) is 31.4 Å². The molecular weight excluding hydrogens is 442 g/mol. The van der Waals surface area contributed by atoms with Crippen LogP contribution in [0.1, 0.15) is 51.0 Å². The highest BCUT2D eigenvalue weighted by Crippen LogP contribution is 2.44. The van der Waals surface area contributed by atoms with E-state index in [9.17, 15) is 19.7 Å². The first-order valence-corrected chi connectivity index (χ1v) is 10.5. The normalized spacial score (nSPS) is 15.1. The van der Waals surface area contributed by atoms with Crippen LogP contribution < -0.4 is 9.47 Å². The number of hydrogen-bond acceptors (Lipinski definition) is 8. The van der Waals surface area contributed by atoms with Gasteiger partial charge in [0, 0.05) is 23.3 Å². The molecule has 9 nitrogen and oxygen atoms in total. The van der Waals surface area contributed by atoms with E-state index in [2.05, 4.69) is 0 Å². The molecule has 1 heterocycles. The molecule has 0 saturated heterocycles. The molecule has 0 radical (unpaired) electrons. The second-order valence-electron chi connectivity index (χ2n) is 7.39. The molecule has 0 N–H and O–H groups in total. The quantitative estimate of drug-likeness (QED) is 0.266. The minimum Gasteiger partial charge on any atom is -0.493 e. The van der Waals surface area contributed by atoms with Gasteiger partial charge >= 0.3 is 11.9 Å². The maximum absolute atomic E-state index is 13.0. The Bertz CT molecular complexity index is 1240. The van der Waals surface area contributed by atoms with E-state index in [0.29, 0.717) is 34.8 Å². The van der Waals surface area contributed by atoms with Gasteiger partial charge in [-0.1, -0.05) is 24.3 Å². The zero-order valence-corrected chi connectivity index (χ0v) is 18.4. The lowest BCUT2D eigenvalue weighted by atomic mass is 9.96. The highest BCUT2D eigenvalue weighted by atomic mass is 16.6. The van der Waals surface area contributed by atoms with Gasteiger partial charge < -0.3 is 18.9 Å². The first kappa shape index (κ1) is 22.8. The number of nitro groups is 1. The lowest BCUT2D eigenvalue weighted by Gasteiger charge is -2.25. The molecule has 4 rings (SSSR count). The van der Waals surface area contributed by atoms with Crippen LogP contribution in [0.3, 0.4) is 0 Å². The van der Waals surface area contributed by atoms with Crippen LogP contribution >= 0.6 is 0 Å². The summed E-state index contributed by atoms with van der Waals surface area (Å²) < 4.78 is 22.5. The number of non-ortho nitro benzene ring substituents is 1. The number of fused-ring (bicyclic) bond motifs is 1. The Kier molecular flexibility index (Phi) is 6.44. The number of hydrogen-bond donors (Lipinski definition) is 0. The Morgan fingerprint density at radius 3 is 2.50 bits per heavy atom. The number of esters is 2. The molecule has 0 bridgehead atoms. The van der Waals surface area contributed by atoms with Crippen molar-refractivity contribution in [2.75, 3.05) is 13.7 Å². The fraction of sp³-hybridized carbons (Fsp3) is 0.200. The van der Waals surface area contributed by atoms with Gasteiger partial charge in [-0.25, -0.2) is 9.59 Å². The summed E-state index contributed by atoms with van der Waals surface area (Å²) in [6.07, 6.45) is -1.91. The Morgan fingerprint density at radius 1 is 1.09 bits per heavy atom. The van der Waals surface area contributed by atoms with Crippen LogP contribution in [-0.2, 0) is 9.47 Å². The fourth-order valence-electron chi connectivity index (χ4n) is 3.74. The maximum Gasteiger partial charge on any atom is 0.339 e. The van der Waals surface area contributed by atoms with E-state index >= 15 is 0 Å². The summed E-state index contributed by atoms with van der Waals surface area (Å²) in [7, 11) is 1.51. The molecule has 1 aliphatic rings.